The van der Waals surface area contributed by atoms with Gasteiger partial charge in [0.25, 0.3) is 0 Å². The van der Waals surface area contributed by atoms with E-state index in [9.17, 15) is 0 Å². The molecule has 0 spiro atoms. The average molecular weight is 449 g/mol. The molecule has 2 nitrogen and oxygen atoms in total. The smallest absolute Gasteiger partial charge is 0.184 e. The zero-order valence-electron chi connectivity index (χ0n) is 21.1. The van der Waals surface area contributed by atoms with Gasteiger partial charge < -0.3 is 8.85 Å². The Bertz CT molecular complexity index is 682. The van der Waals surface area contributed by atoms with Crippen LogP contribution in [0, 0.1) is 46.3 Å². The Labute approximate surface area is 188 Å². The second kappa shape index (κ2) is 6.93. The molecule has 0 radical (unpaired) electrons. The highest BCUT2D eigenvalue weighted by Crippen LogP contribution is 2.71. The van der Waals surface area contributed by atoms with E-state index in [1.807, 2.05) is 0 Å². The highest BCUT2D eigenvalue weighted by Gasteiger charge is 2.66. The molecule has 5 aliphatic carbocycles. The molecule has 0 N–H and O–H groups in total. The summed E-state index contributed by atoms with van der Waals surface area (Å²) in [6.07, 6.45) is 12.6. The van der Waals surface area contributed by atoms with Crippen molar-refractivity contribution in [1.82, 2.24) is 0 Å². The maximum absolute atomic E-state index is 6.95. The summed E-state index contributed by atoms with van der Waals surface area (Å²) in [6.45, 7) is 19.7. The van der Waals surface area contributed by atoms with Crippen molar-refractivity contribution >= 4 is 16.6 Å². The molecule has 0 saturated heterocycles. The number of hydrogen-bond acceptors (Lipinski definition) is 2. The second-order valence-electron chi connectivity index (χ2n) is 14.5. The quantitative estimate of drug-likeness (QED) is 0.419. The van der Waals surface area contributed by atoms with E-state index in [2.05, 4.69) is 53.1 Å². The first-order valence-corrected chi connectivity index (χ1v) is 20.0. The molecule has 0 heterocycles. The summed E-state index contributed by atoms with van der Waals surface area (Å²) < 4.78 is 13.8. The summed E-state index contributed by atoms with van der Waals surface area (Å²) >= 11 is 0. The van der Waals surface area contributed by atoms with Crippen LogP contribution < -0.4 is 0 Å². The minimum atomic E-state index is -1.49. The molecule has 3 unspecified atom stereocenters. The highest BCUT2D eigenvalue weighted by molar-refractivity contribution is 6.70. The molecule has 5 aliphatic rings. The van der Waals surface area contributed by atoms with E-state index >= 15 is 0 Å². The molecule has 5 fully saturated rings. The van der Waals surface area contributed by atoms with E-state index in [0.717, 1.165) is 35.5 Å². The zero-order valence-corrected chi connectivity index (χ0v) is 23.1. The Kier molecular flexibility index (Phi) is 5.12. The lowest BCUT2D eigenvalue weighted by Crippen LogP contribution is -2.58. The molecule has 5 rings (SSSR count). The minimum Gasteiger partial charge on any atom is -0.414 e. The van der Waals surface area contributed by atoms with E-state index in [0.29, 0.717) is 23.0 Å². The topological polar surface area (TPSA) is 18.5 Å². The largest absolute Gasteiger partial charge is 0.414 e. The number of fused-ring (bicyclic) bond motifs is 6. The molecule has 172 valence electrons. The van der Waals surface area contributed by atoms with Crippen molar-refractivity contribution in [1.29, 1.82) is 0 Å². The first-order valence-electron chi connectivity index (χ1n) is 13.2. The van der Waals surface area contributed by atoms with Crippen LogP contribution in [0.5, 0.6) is 0 Å². The van der Waals surface area contributed by atoms with Crippen LogP contribution in [0.2, 0.25) is 39.3 Å². The van der Waals surface area contributed by atoms with E-state index < -0.39 is 16.6 Å². The molecule has 4 heteroatoms. The maximum Gasteiger partial charge on any atom is 0.184 e. The van der Waals surface area contributed by atoms with Gasteiger partial charge in [0.2, 0.25) is 0 Å². The Hall–Kier alpha value is 0.354. The fraction of sp³-hybridized carbons (Fsp3) is 1.00. The summed E-state index contributed by atoms with van der Waals surface area (Å²) in [5, 5.41) is 0. The first-order chi connectivity index (χ1) is 13.8. The van der Waals surface area contributed by atoms with Gasteiger partial charge in [-0.3, -0.25) is 0 Å². The van der Waals surface area contributed by atoms with Crippen LogP contribution in [-0.2, 0) is 8.85 Å². The van der Waals surface area contributed by atoms with E-state index in [-0.39, 0.29) is 0 Å². The molecule has 30 heavy (non-hydrogen) atoms. The lowest BCUT2D eigenvalue weighted by Gasteiger charge is -2.62. The monoisotopic (exact) mass is 448 g/mol. The Morgan fingerprint density at radius 1 is 0.667 bits per heavy atom. The lowest BCUT2D eigenvalue weighted by atomic mass is 9.45. The summed E-state index contributed by atoms with van der Waals surface area (Å²) in [7, 11) is -2.97. The van der Waals surface area contributed by atoms with Crippen LogP contribution in [0.4, 0.5) is 0 Å². The van der Waals surface area contributed by atoms with Crippen LogP contribution in [0.3, 0.4) is 0 Å². The third kappa shape index (κ3) is 3.55. The first kappa shape index (κ1) is 22.2. The van der Waals surface area contributed by atoms with Crippen molar-refractivity contribution in [3.63, 3.8) is 0 Å². The van der Waals surface area contributed by atoms with Crippen LogP contribution in [0.1, 0.15) is 65.2 Å². The van der Waals surface area contributed by atoms with Crippen LogP contribution >= 0.6 is 0 Å². The number of rotatable bonds is 4. The van der Waals surface area contributed by atoms with Crippen molar-refractivity contribution in [3.8, 4) is 0 Å². The third-order valence-corrected chi connectivity index (χ3v) is 12.3. The molecule has 10 atom stereocenters. The van der Waals surface area contributed by atoms with Crippen LogP contribution in [0.15, 0.2) is 0 Å². The summed E-state index contributed by atoms with van der Waals surface area (Å²) in [5.74, 6) is 5.50. The van der Waals surface area contributed by atoms with Gasteiger partial charge in [0.1, 0.15) is 0 Å². The maximum atomic E-state index is 6.95. The van der Waals surface area contributed by atoms with Crippen LogP contribution in [-0.4, -0.2) is 28.8 Å². The summed E-state index contributed by atoms with van der Waals surface area (Å²) in [5.41, 5.74) is 0.972. The molecule has 5 saturated carbocycles. The fourth-order valence-corrected chi connectivity index (χ4v) is 11.6. The van der Waals surface area contributed by atoms with Gasteiger partial charge in [-0.25, -0.2) is 0 Å². The predicted octanol–water partition coefficient (Wildman–Crippen LogP) is 7.33. The fourth-order valence-electron chi connectivity index (χ4n) is 9.25. The second-order valence-corrected chi connectivity index (χ2v) is 23.4. The van der Waals surface area contributed by atoms with Gasteiger partial charge in [0.05, 0.1) is 12.2 Å². The summed E-state index contributed by atoms with van der Waals surface area (Å²) in [4.78, 5) is 0. The predicted molar refractivity (Wildman–Crippen MR) is 131 cm³/mol. The van der Waals surface area contributed by atoms with Crippen molar-refractivity contribution < 1.29 is 8.85 Å². The van der Waals surface area contributed by atoms with E-state index in [4.69, 9.17) is 8.85 Å². The van der Waals surface area contributed by atoms with Gasteiger partial charge in [0.15, 0.2) is 16.6 Å². The van der Waals surface area contributed by atoms with Gasteiger partial charge in [-0.2, -0.15) is 0 Å². The normalized spacial score (nSPS) is 52.8. The third-order valence-electron chi connectivity index (χ3n) is 10.3. The standard InChI is InChI=1S/C26H48O2Si2/c1-25-14-13-21-18(20(25)11-12-23(25)27-29(3,4)5)9-10-22-24(28-30(6,7)8)19-15-17(19)16-26(21,22)2/h17-24H,9-16H2,1-8H3/t17-,18?,19-,20?,21?,22+,23+,24-,25+,26-/m1/s1. The lowest BCUT2D eigenvalue weighted by molar-refractivity contribution is -0.147. The minimum absolute atomic E-state index is 0.440. The number of hydrogen-bond donors (Lipinski definition) is 0. The van der Waals surface area contributed by atoms with Gasteiger partial charge >= 0.3 is 0 Å². The van der Waals surface area contributed by atoms with Crippen molar-refractivity contribution in [2.45, 2.75) is 117 Å². The van der Waals surface area contributed by atoms with Crippen molar-refractivity contribution in [3.05, 3.63) is 0 Å². The average Bonchev–Trinajstić information content (AvgIpc) is 3.28. The Morgan fingerprint density at radius 2 is 1.30 bits per heavy atom. The highest BCUT2D eigenvalue weighted by atomic mass is 28.4. The molecule has 0 bridgehead atoms. The van der Waals surface area contributed by atoms with Crippen molar-refractivity contribution in [2.24, 2.45) is 46.3 Å². The molecule has 0 aromatic heterocycles. The Balaban J connectivity index is 1.39. The van der Waals surface area contributed by atoms with Gasteiger partial charge in [-0.15, -0.1) is 0 Å². The van der Waals surface area contributed by atoms with Gasteiger partial charge in [-0.05, 0) is 137 Å². The molecular formula is C26H48O2Si2. The molecule has 0 aliphatic heterocycles. The molecule has 0 amide bonds. The summed E-state index contributed by atoms with van der Waals surface area (Å²) in [6, 6.07) is 0. The van der Waals surface area contributed by atoms with E-state index in [1.165, 1.54) is 51.4 Å². The van der Waals surface area contributed by atoms with Crippen LogP contribution in [0.25, 0.3) is 0 Å². The SMILES string of the molecule is C[C@]12CCC3C(CC[C@H]4[C@H](O[Si](C)(C)C)[C@@H]5C[C@@H]5C[C@]34C)C1CC[C@@H]2O[Si](C)(C)C. The molecular weight excluding hydrogens is 400 g/mol. The van der Waals surface area contributed by atoms with Crippen molar-refractivity contribution in [2.75, 3.05) is 0 Å². The molecule has 0 aromatic rings. The van der Waals surface area contributed by atoms with E-state index in [1.54, 1.807) is 0 Å². The van der Waals surface area contributed by atoms with Gasteiger partial charge in [0, 0.05) is 0 Å². The zero-order chi connectivity index (χ0) is 21.7. The van der Waals surface area contributed by atoms with Gasteiger partial charge in [-0.1, -0.05) is 13.8 Å². The Morgan fingerprint density at radius 3 is 1.97 bits per heavy atom. The molecule has 0 aromatic carbocycles.